The van der Waals surface area contributed by atoms with Crippen LogP contribution in [0.3, 0.4) is 0 Å². The van der Waals surface area contributed by atoms with E-state index in [0.717, 1.165) is 20.9 Å². The summed E-state index contributed by atoms with van der Waals surface area (Å²) in [6.45, 7) is 5.25. The Morgan fingerprint density at radius 3 is 1.81 bits per heavy atom. The zero-order valence-corrected chi connectivity index (χ0v) is 17.4. The highest BCUT2D eigenvalue weighted by atomic mass is 32.1. The Morgan fingerprint density at radius 1 is 0.852 bits per heavy atom. The molecule has 2 rings (SSSR count). The largest absolute Gasteiger partial charge is 0.461 e. The van der Waals surface area contributed by atoms with E-state index < -0.39 is 17.9 Å². The number of carbonyl (C=O) groups excluding carboxylic acids is 2. The quantitative estimate of drug-likeness (QED) is 0.521. The van der Waals surface area contributed by atoms with Crippen LogP contribution < -0.4 is 0 Å². The smallest absolute Gasteiger partial charge is 0.313 e. The maximum Gasteiger partial charge on any atom is 0.313 e. The molecular formula is C21H24O4S2. The van der Waals surface area contributed by atoms with Gasteiger partial charge in [0.15, 0.2) is 0 Å². The minimum Gasteiger partial charge on any atom is -0.461 e. The second-order valence-corrected chi connectivity index (χ2v) is 7.54. The summed E-state index contributed by atoms with van der Waals surface area (Å²) < 4.78 is 10.7. The van der Waals surface area contributed by atoms with Crippen LogP contribution in [0.25, 0.3) is 0 Å². The van der Waals surface area contributed by atoms with E-state index in [0.29, 0.717) is 0 Å². The molecule has 0 aliphatic carbocycles. The van der Waals surface area contributed by atoms with Crippen molar-refractivity contribution in [1.82, 2.24) is 0 Å². The molecule has 0 heterocycles. The van der Waals surface area contributed by atoms with Crippen molar-refractivity contribution >= 4 is 37.2 Å². The number of ether oxygens (including phenoxy) is 2. The lowest BCUT2D eigenvalue weighted by molar-refractivity contribution is -0.159. The van der Waals surface area contributed by atoms with Crippen LogP contribution in [-0.2, 0) is 19.1 Å². The summed E-state index contributed by atoms with van der Waals surface area (Å²) >= 11 is 8.56. The Morgan fingerprint density at radius 2 is 1.33 bits per heavy atom. The SMILES string of the molecule is CC(COC(=O)C(C)c1cccc(S)c1)OC(=O)C(C)c1cccc(S)c1. The van der Waals surface area contributed by atoms with Gasteiger partial charge in [0.05, 0.1) is 11.8 Å². The van der Waals surface area contributed by atoms with Crippen molar-refractivity contribution in [3.63, 3.8) is 0 Å². The van der Waals surface area contributed by atoms with Gasteiger partial charge < -0.3 is 9.47 Å². The minimum atomic E-state index is -0.536. The van der Waals surface area contributed by atoms with E-state index >= 15 is 0 Å². The third kappa shape index (κ3) is 6.33. The van der Waals surface area contributed by atoms with Crippen LogP contribution >= 0.6 is 25.3 Å². The topological polar surface area (TPSA) is 52.6 Å². The van der Waals surface area contributed by atoms with Gasteiger partial charge in [0.2, 0.25) is 0 Å². The second-order valence-electron chi connectivity index (χ2n) is 6.51. The van der Waals surface area contributed by atoms with Crippen LogP contribution in [0.5, 0.6) is 0 Å². The molecular weight excluding hydrogens is 380 g/mol. The van der Waals surface area contributed by atoms with Crippen LogP contribution in [0.15, 0.2) is 58.3 Å². The molecule has 0 aliphatic rings. The fourth-order valence-electron chi connectivity index (χ4n) is 2.52. The van der Waals surface area contributed by atoms with Crippen molar-refractivity contribution in [3.05, 3.63) is 59.7 Å². The molecule has 27 heavy (non-hydrogen) atoms. The van der Waals surface area contributed by atoms with Gasteiger partial charge in [0.1, 0.15) is 12.7 Å². The normalized spacial score (nSPS) is 14.1. The van der Waals surface area contributed by atoms with Crippen LogP contribution in [0.2, 0.25) is 0 Å². The van der Waals surface area contributed by atoms with E-state index in [9.17, 15) is 9.59 Å². The molecule has 0 amide bonds. The molecule has 3 unspecified atom stereocenters. The van der Waals surface area contributed by atoms with Gasteiger partial charge in [-0.1, -0.05) is 24.3 Å². The van der Waals surface area contributed by atoms with E-state index in [-0.39, 0.29) is 18.5 Å². The molecule has 144 valence electrons. The molecule has 0 aliphatic heterocycles. The fraction of sp³-hybridized carbons (Fsp3) is 0.333. The van der Waals surface area contributed by atoms with E-state index in [4.69, 9.17) is 9.47 Å². The molecule has 0 radical (unpaired) electrons. The highest BCUT2D eigenvalue weighted by molar-refractivity contribution is 7.80. The van der Waals surface area contributed by atoms with Gasteiger partial charge in [-0.3, -0.25) is 9.59 Å². The predicted molar refractivity (Wildman–Crippen MR) is 111 cm³/mol. The monoisotopic (exact) mass is 404 g/mol. The van der Waals surface area contributed by atoms with Crippen molar-refractivity contribution in [3.8, 4) is 0 Å². The maximum atomic E-state index is 12.3. The lowest BCUT2D eigenvalue weighted by atomic mass is 10.0. The summed E-state index contributed by atoms with van der Waals surface area (Å²) in [4.78, 5) is 26.1. The van der Waals surface area contributed by atoms with E-state index in [1.165, 1.54) is 0 Å². The van der Waals surface area contributed by atoms with Crippen molar-refractivity contribution in [2.45, 2.75) is 48.5 Å². The van der Waals surface area contributed by atoms with Crippen LogP contribution in [0.4, 0.5) is 0 Å². The number of rotatable bonds is 7. The molecule has 0 N–H and O–H groups in total. The summed E-state index contributed by atoms with van der Waals surface area (Å²) in [7, 11) is 0. The van der Waals surface area contributed by atoms with Gasteiger partial charge in [0, 0.05) is 9.79 Å². The molecule has 0 bridgehead atoms. The molecule has 0 aromatic heterocycles. The maximum absolute atomic E-state index is 12.3. The third-order valence-electron chi connectivity index (χ3n) is 4.23. The first-order chi connectivity index (χ1) is 12.8. The minimum absolute atomic E-state index is 0.00874. The summed E-state index contributed by atoms with van der Waals surface area (Å²) in [6.07, 6.45) is -0.536. The first kappa shape index (κ1) is 21.4. The Bertz CT molecular complexity index is 806. The average Bonchev–Trinajstić information content (AvgIpc) is 2.64. The highest BCUT2D eigenvalue weighted by Crippen LogP contribution is 2.22. The zero-order valence-electron chi connectivity index (χ0n) is 15.6. The van der Waals surface area contributed by atoms with Crippen molar-refractivity contribution in [2.24, 2.45) is 0 Å². The van der Waals surface area contributed by atoms with Crippen LogP contribution in [0, 0.1) is 0 Å². The summed E-state index contributed by atoms with van der Waals surface area (Å²) in [5, 5.41) is 0. The Balaban J connectivity index is 1.85. The van der Waals surface area contributed by atoms with E-state index in [1.807, 2.05) is 48.5 Å². The van der Waals surface area contributed by atoms with E-state index in [2.05, 4.69) is 25.3 Å². The Labute approximate surface area is 171 Å². The molecule has 2 aromatic carbocycles. The number of hydrogen-bond donors (Lipinski definition) is 2. The van der Waals surface area contributed by atoms with Gasteiger partial charge in [-0.05, 0) is 56.2 Å². The first-order valence-electron chi connectivity index (χ1n) is 8.73. The summed E-state index contributed by atoms with van der Waals surface area (Å²) in [6, 6.07) is 14.7. The highest BCUT2D eigenvalue weighted by Gasteiger charge is 2.22. The van der Waals surface area contributed by atoms with E-state index in [1.54, 1.807) is 20.8 Å². The van der Waals surface area contributed by atoms with Gasteiger partial charge >= 0.3 is 11.9 Å². The number of carbonyl (C=O) groups is 2. The van der Waals surface area contributed by atoms with Crippen molar-refractivity contribution in [1.29, 1.82) is 0 Å². The molecule has 2 aromatic rings. The predicted octanol–water partition coefficient (Wildman–Crippen LogP) is 4.65. The van der Waals surface area contributed by atoms with Gasteiger partial charge in [-0.15, -0.1) is 25.3 Å². The van der Waals surface area contributed by atoms with Crippen LogP contribution in [-0.4, -0.2) is 24.6 Å². The van der Waals surface area contributed by atoms with Gasteiger partial charge in [-0.2, -0.15) is 0 Å². The Hall–Kier alpha value is -1.92. The lowest BCUT2D eigenvalue weighted by Gasteiger charge is -2.18. The number of thiol groups is 2. The molecule has 0 spiro atoms. The first-order valence-corrected chi connectivity index (χ1v) is 9.62. The number of esters is 2. The second kappa shape index (κ2) is 9.85. The fourth-order valence-corrected chi connectivity index (χ4v) is 2.99. The van der Waals surface area contributed by atoms with Crippen molar-refractivity contribution < 1.29 is 19.1 Å². The summed E-state index contributed by atoms with van der Waals surface area (Å²) in [5.74, 6) is -1.58. The third-order valence-corrected chi connectivity index (χ3v) is 4.78. The zero-order chi connectivity index (χ0) is 20.0. The summed E-state index contributed by atoms with van der Waals surface area (Å²) in [5.41, 5.74) is 1.66. The van der Waals surface area contributed by atoms with Crippen molar-refractivity contribution in [2.75, 3.05) is 6.61 Å². The Kier molecular flexibility index (Phi) is 7.80. The molecule has 0 saturated heterocycles. The van der Waals surface area contributed by atoms with Gasteiger partial charge in [-0.25, -0.2) is 0 Å². The standard InChI is InChI=1S/C21H24O4S2/c1-13(25-21(23)15(3)17-7-5-9-19(27)11-17)12-24-20(22)14(2)16-6-4-8-18(26)10-16/h4-11,13-15,26-27H,12H2,1-3H3. The molecule has 4 nitrogen and oxygen atoms in total. The number of benzene rings is 2. The van der Waals surface area contributed by atoms with Gasteiger partial charge in [0.25, 0.3) is 0 Å². The molecule has 0 fully saturated rings. The van der Waals surface area contributed by atoms with Crippen LogP contribution in [0.1, 0.15) is 43.7 Å². The molecule has 3 atom stereocenters. The number of hydrogen-bond acceptors (Lipinski definition) is 6. The molecule has 0 saturated carbocycles. The average molecular weight is 405 g/mol. The molecule has 6 heteroatoms. The lowest BCUT2D eigenvalue weighted by Crippen LogP contribution is -2.26.